The molecule has 0 aliphatic heterocycles. The summed E-state index contributed by atoms with van der Waals surface area (Å²) in [6.07, 6.45) is 3.22. The van der Waals surface area contributed by atoms with Gasteiger partial charge in [0.1, 0.15) is 10.2 Å². The van der Waals surface area contributed by atoms with Gasteiger partial charge >= 0.3 is 6.18 Å². The minimum absolute atomic E-state index is 0. The Labute approximate surface area is 190 Å². The van der Waals surface area contributed by atoms with Gasteiger partial charge in [0.15, 0.2) is 5.69 Å². The standard InChI is InChI=1S/C20H20F3N4OS.Mo/c1-12(11-13-7-3-2-4-8-13)27-17(14-9-5-6-10-24-14)25-18-15(19(27)28)16(26-29-18)20(21,22)23;/h5-6,10,12-13H,2-4,7-8,11H2,1H3;/q-1;/t12-;/m1./s1. The van der Waals surface area contributed by atoms with Crippen LogP contribution in [0.1, 0.15) is 57.2 Å². The number of aromatic nitrogens is 4. The smallest absolute Gasteiger partial charge is 0.341 e. The molecule has 1 atom stereocenters. The zero-order chi connectivity index (χ0) is 20.6. The maximum absolute atomic E-state index is 13.4. The first-order valence-electron chi connectivity index (χ1n) is 9.68. The van der Waals surface area contributed by atoms with Crippen molar-refractivity contribution in [3.63, 3.8) is 0 Å². The second-order valence-corrected chi connectivity index (χ2v) is 8.29. The van der Waals surface area contributed by atoms with Crippen LogP contribution >= 0.6 is 11.5 Å². The van der Waals surface area contributed by atoms with Crippen LogP contribution in [0.2, 0.25) is 0 Å². The third kappa shape index (κ3) is 4.52. The van der Waals surface area contributed by atoms with Gasteiger partial charge in [0.05, 0.1) is 5.82 Å². The summed E-state index contributed by atoms with van der Waals surface area (Å²) in [7, 11) is 0. The molecule has 4 rings (SSSR count). The molecule has 0 amide bonds. The van der Waals surface area contributed by atoms with Crippen LogP contribution in [0, 0.1) is 12.0 Å². The average Bonchev–Trinajstić information content (AvgIpc) is 3.14. The van der Waals surface area contributed by atoms with E-state index < -0.39 is 22.8 Å². The fourth-order valence-corrected chi connectivity index (χ4v) is 4.92. The number of fused-ring (bicyclic) bond motifs is 1. The summed E-state index contributed by atoms with van der Waals surface area (Å²) >= 11 is 0.584. The number of nitrogens with zero attached hydrogens (tertiary/aromatic N) is 4. The van der Waals surface area contributed by atoms with Gasteiger partial charge in [0.25, 0.3) is 5.56 Å². The molecular formula is C20H20F3MoN4OS-. The van der Waals surface area contributed by atoms with E-state index in [1.807, 2.05) is 6.92 Å². The number of pyridine rings is 1. The van der Waals surface area contributed by atoms with Crippen molar-refractivity contribution in [2.45, 2.75) is 57.7 Å². The van der Waals surface area contributed by atoms with Crippen LogP contribution in [0.3, 0.4) is 0 Å². The maximum atomic E-state index is 13.4. The SMILES string of the molecule is C[C@H](CC1CCCCC1)n1c(-c2[c-]cccn2)nc2snc(C(F)(F)F)c2c1=O.[Mo]. The summed E-state index contributed by atoms with van der Waals surface area (Å²) < 4.78 is 45.1. The molecule has 0 saturated heterocycles. The zero-order valence-corrected chi connectivity index (χ0v) is 19.1. The summed E-state index contributed by atoms with van der Waals surface area (Å²) in [6, 6.07) is 5.96. The van der Waals surface area contributed by atoms with Crippen molar-refractivity contribution in [3.05, 3.63) is 40.4 Å². The van der Waals surface area contributed by atoms with Crippen molar-refractivity contribution in [3.8, 4) is 11.5 Å². The predicted molar refractivity (Wildman–Crippen MR) is 105 cm³/mol. The quantitative estimate of drug-likeness (QED) is 0.350. The van der Waals surface area contributed by atoms with Crippen molar-refractivity contribution >= 4 is 21.7 Å². The van der Waals surface area contributed by atoms with Crippen molar-refractivity contribution in [1.29, 1.82) is 0 Å². The Morgan fingerprint density at radius 3 is 2.67 bits per heavy atom. The number of alkyl halides is 3. The first-order chi connectivity index (χ1) is 13.9. The van der Waals surface area contributed by atoms with Gasteiger partial charge in [0.2, 0.25) is 0 Å². The minimum atomic E-state index is -4.71. The summed E-state index contributed by atoms with van der Waals surface area (Å²) in [5, 5.41) is -0.460. The molecule has 1 saturated carbocycles. The van der Waals surface area contributed by atoms with Gasteiger partial charge in [-0.05, 0) is 42.7 Å². The first kappa shape index (κ1) is 23.1. The van der Waals surface area contributed by atoms with Crippen LogP contribution in [-0.2, 0) is 27.2 Å². The van der Waals surface area contributed by atoms with Crippen molar-refractivity contribution in [1.82, 2.24) is 18.9 Å². The Balaban J connectivity index is 0.00000256. The van der Waals surface area contributed by atoms with Crippen molar-refractivity contribution < 1.29 is 34.2 Å². The Morgan fingerprint density at radius 2 is 2.03 bits per heavy atom. The third-order valence-corrected chi connectivity index (χ3v) is 6.21. The van der Waals surface area contributed by atoms with Gasteiger partial charge < -0.3 is 4.57 Å². The Bertz CT molecular complexity index is 1060. The maximum Gasteiger partial charge on any atom is 0.435 e. The van der Waals surface area contributed by atoms with Crippen LogP contribution in [0.5, 0.6) is 0 Å². The van der Waals surface area contributed by atoms with Crippen LogP contribution in [0.4, 0.5) is 13.2 Å². The van der Waals surface area contributed by atoms with Gasteiger partial charge in [0, 0.05) is 27.1 Å². The molecule has 30 heavy (non-hydrogen) atoms. The predicted octanol–water partition coefficient (Wildman–Crippen LogP) is 5.26. The summed E-state index contributed by atoms with van der Waals surface area (Å²) in [4.78, 5) is 21.9. The Kier molecular flexibility index (Phi) is 7.12. The largest absolute Gasteiger partial charge is 0.435 e. The second-order valence-electron chi connectivity index (χ2n) is 7.54. The molecule has 3 aromatic rings. The molecule has 5 nitrogen and oxygen atoms in total. The molecule has 0 spiro atoms. The molecule has 0 N–H and O–H groups in total. The van der Waals surface area contributed by atoms with Crippen molar-refractivity contribution in [2.75, 3.05) is 0 Å². The Morgan fingerprint density at radius 1 is 1.30 bits per heavy atom. The number of rotatable bonds is 4. The number of hydrogen-bond donors (Lipinski definition) is 0. The van der Waals surface area contributed by atoms with E-state index in [0.29, 0.717) is 29.6 Å². The van der Waals surface area contributed by atoms with Crippen LogP contribution in [0.25, 0.3) is 21.7 Å². The molecule has 3 aromatic heterocycles. The number of halogens is 3. The molecule has 0 aromatic carbocycles. The van der Waals surface area contributed by atoms with E-state index in [-0.39, 0.29) is 37.8 Å². The van der Waals surface area contributed by atoms with Gasteiger partial charge in [-0.1, -0.05) is 32.1 Å². The number of hydrogen-bond acceptors (Lipinski definition) is 5. The van der Waals surface area contributed by atoms with E-state index in [1.54, 1.807) is 18.3 Å². The molecule has 3 heterocycles. The van der Waals surface area contributed by atoms with E-state index in [1.165, 1.54) is 11.0 Å². The van der Waals surface area contributed by atoms with Gasteiger partial charge in [-0.15, -0.1) is 6.07 Å². The Hall–Kier alpha value is -1.60. The zero-order valence-electron chi connectivity index (χ0n) is 16.3. The van der Waals surface area contributed by atoms with E-state index in [2.05, 4.69) is 20.4 Å². The molecular weight excluding hydrogens is 497 g/mol. The molecule has 160 valence electrons. The van der Waals surface area contributed by atoms with Crippen LogP contribution in [-0.4, -0.2) is 18.9 Å². The van der Waals surface area contributed by atoms with E-state index in [9.17, 15) is 18.0 Å². The van der Waals surface area contributed by atoms with E-state index >= 15 is 0 Å². The average molecular weight is 517 g/mol. The van der Waals surface area contributed by atoms with Gasteiger partial charge in [-0.3, -0.25) is 14.8 Å². The molecule has 0 unspecified atom stereocenters. The molecule has 0 bridgehead atoms. The van der Waals surface area contributed by atoms with Crippen LogP contribution in [0.15, 0.2) is 23.1 Å². The molecule has 1 aliphatic rings. The molecule has 1 aliphatic carbocycles. The fraction of sp³-hybridized carbons (Fsp3) is 0.500. The minimum Gasteiger partial charge on any atom is -0.341 e. The topological polar surface area (TPSA) is 60.7 Å². The molecule has 0 radical (unpaired) electrons. The normalized spacial score (nSPS) is 16.4. The van der Waals surface area contributed by atoms with E-state index in [4.69, 9.17) is 0 Å². The first-order valence-corrected chi connectivity index (χ1v) is 10.5. The van der Waals surface area contributed by atoms with E-state index in [0.717, 1.165) is 25.7 Å². The van der Waals surface area contributed by atoms with Gasteiger partial charge in [-0.25, -0.2) is 0 Å². The third-order valence-electron chi connectivity index (χ3n) is 5.47. The summed E-state index contributed by atoms with van der Waals surface area (Å²) in [6.45, 7) is 1.86. The second kappa shape index (κ2) is 9.26. The van der Waals surface area contributed by atoms with Crippen LogP contribution < -0.4 is 5.56 Å². The molecule has 10 heteroatoms. The summed E-state index contributed by atoms with van der Waals surface area (Å²) in [5.74, 6) is 0.688. The van der Waals surface area contributed by atoms with Gasteiger partial charge in [-0.2, -0.15) is 29.7 Å². The fourth-order valence-electron chi connectivity index (χ4n) is 4.14. The molecule has 1 fully saturated rings. The van der Waals surface area contributed by atoms with Crippen molar-refractivity contribution in [2.24, 2.45) is 5.92 Å². The summed E-state index contributed by atoms with van der Waals surface area (Å²) in [5.41, 5.74) is -1.54. The monoisotopic (exact) mass is 519 g/mol.